The van der Waals surface area contributed by atoms with Gasteiger partial charge in [0.05, 0.1) is 0 Å². The molecule has 0 aliphatic carbocycles. The van der Waals surface area contributed by atoms with Gasteiger partial charge in [-0.1, -0.05) is 6.92 Å². The average Bonchev–Trinajstić information content (AvgIpc) is 2.06. The van der Waals surface area contributed by atoms with Gasteiger partial charge in [-0.05, 0) is 24.1 Å². The molecule has 0 spiro atoms. The maximum Gasteiger partial charge on any atom is 0.212 e. The molecule has 0 fully saturated rings. The summed E-state index contributed by atoms with van der Waals surface area (Å²) in [5.41, 5.74) is 1.17. The van der Waals surface area contributed by atoms with Crippen LogP contribution < -0.4 is 5.32 Å². The van der Waals surface area contributed by atoms with Gasteiger partial charge in [-0.25, -0.2) is 4.98 Å². The highest BCUT2D eigenvalue weighted by Gasteiger charge is 1.92. The van der Waals surface area contributed by atoms with E-state index >= 15 is 0 Å². The van der Waals surface area contributed by atoms with Crippen molar-refractivity contribution in [2.24, 2.45) is 0 Å². The molecule has 3 nitrogen and oxygen atoms in total. The number of carbonyl (C=O) groups excluding carboxylic acids is 1. The third-order valence-corrected chi connectivity index (χ3v) is 1.44. The van der Waals surface area contributed by atoms with Gasteiger partial charge in [0.15, 0.2) is 0 Å². The Hall–Kier alpha value is -1.38. The van der Waals surface area contributed by atoms with Crippen molar-refractivity contribution in [3.8, 4) is 0 Å². The van der Waals surface area contributed by atoms with E-state index in [0.29, 0.717) is 12.2 Å². The van der Waals surface area contributed by atoms with E-state index < -0.39 is 0 Å². The molecule has 0 aliphatic rings. The molecule has 0 aliphatic heterocycles. The van der Waals surface area contributed by atoms with Gasteiger partial charge in [0, 0.05) is 6.20 Å². The van der Waals surface area contributed by atoms with Crippen LogP contribution in [-0.2, 0) is 11.2 Å². The molecule has 1 aromatic rings. The molecule has 1 rings (SSSR count). The second kappa shape index (κ2) is 3.71. The third kappa shape index (κ3) is 2.04. The minimum Gasteiger partial charge on any atom is -0.313 e. The number of hydrogen-bond donors (Lipinski definition) is 1. The Morgan fingerprint density at radius 3 is 3.18 bits per heavy atom. The summed E-state index contributed by atoms with van der Waals surface area (Å²) in [7, 11) is 0. The SMILES string of the molecule is CCc1ccnc(NC=O)c1. The minimum absolute atomic E-state index is 0.611. The van der Waals surface area contributed by atoms with Crippen molar-refractivity contribution in [2.45, 2.75) is 13.3 Å². The summed E-state index contributed by atoms with van der Waals surface area (Å²) in [6.45, 7) is 2.06. The third-order valence-electron chi connectivity index (χ3n) is 1.44. The molecule has 1 amide bonds. The van der Waals surface area contributed by atoms with Crippen molar-refractivity contribution in [3.63, 3.8) is 0 Å². The number of aromatic nitrogens is 1. The quantitative estimate of drug-likeness (QED) is 0.658. The number of pyridine rings is 1. The van der Waals surface area contributed by atoms with E-state index in [1.165, 1.54) is 5.56 Å². The molecule has 1 aromatic heterocycles. The van der Waals surface area contributed by atoms with Crippen LogP contribution in [0, 0.1) is 0 Å². The monoisotopic (exact) mass is 150 g/mol. The fourth-order valence-corrected chi connectivity index (χ4v) is 0.834. The number of carbonyl (C=O) groups is 1. The number of hydrogen-bond acceptors (Lipinski definition) is 2. The first-order valence-electron chi connectivity index (χ1n) is 3.52. The predicted molar refractivity (Wildman–Crippen MR) is 43.3 cm³/mol. The number of rotatable bonds is 3. The van der Waals surface area contributed by atoms with Gasteiger partial charge in [-0.15, -0.1) is 0 Å². The van der Waals surface area contributed by atoms with Gasteiger partial charge < -0.3 is 5.32 Å². The first-order chi connectivity index (χ1) is 5.36. The Labute approximate surface area is 65.5 Å². The van der Waals surface area contributed by atoms with Crippen LogP contribution in [0.25, 0.3) is 0 Å². The standard InChI is InChI=1S/C8H10N2O/c1-2-7-3-4-9-8(5-7)10-6-11/h3-6H,2H2,1H3,(H,9,10,11). The molecule has 11 heavy (non-hydrogen) atoms. The second-order valence-corrected chi connectivity index (χ2v) is 2.17. The molecule has 0 atom stereocenters. The van der Waals surface area contributed by atoms with E-state index in [0.717, 1.165) is 6.42 Å². The van der Waals surface area contributed by atoms with Crippen molar-refractivity contribution < 1.29 is 4.79 Å². The summed E-state index contributed by atoms with van der Waals surface area (Å²) >= 11 is 0. The Kier molecular flexibility index (Phi) is 2.60. The zero-order valence-electron chi connectivity index (χ0n) is 6.37. The Balaban J connectivity index is 2.82. The molecule has 0 bridgehead atoms. The van der Waals surface area contributed by atoms with Gasteiger partial charge in [-0.2, -0.15) is 0 Å². The topological polar surface area (TPSA) is 42.0 Å². The largest absolute Gasteiger partial charge is 0.313 e. The molecule has 0 radical (unpaired) electrons. The van der Waals surface area contributed by atoms with Crippen LogP contribution in [0.4, 0.5) is 5.82 Å². The molecule has 0 saturated carbocycles. The van der Waals surface area contributed by atoms with Crippen LogP contribution >= 0.6 is 0 Å². The van der Waals surface area contributed by atoms with E-state index in [1.54, 1.807) is 6.20 Å². The zero-order valence-corrected chi connectivity index (χ0v) is 6.37. The lowest BCUT2D eigenvalue weighted by Gasteiger charge is -1.98. The van der Waals surface area contributed by atoms with E-state index in [1.807, 2.05) is 12.1 Å². The molecule has 1 N–H and O–H groups in total. The highest BCUT2D eigenvalue weighted by molar-refractivity contribution is 5.68. The number of amides is 1. The molecule has 0 unspecified atom stereocenters. The number of nitrogens with one attached hydrogen (secondary N) is 1. The van der Waals surface area contributed by atoms with Gasteiger partial charge in [0.1, 0.15) is 5.82 Å². The van der Waals surface area contributed by atoms with Gasteiger partial charge in [0.2, 0.25) is 6.41 Å². The fourth-order valence-electron chi connectivity index (χ4n) is 0.834. The molecular formula is C8H10N2O. The molecule has 58 valence electrons. The van der Waals surface area contributed by atoms with E-state index in [9.17, 15) is 4.79 Å². The Morgan fingerprint density at radius 2 is 2.55 bits per heavy atom. The van der Waals surface area contributed by atoms with Crippen molar-refractivity contribution >= 4 is 12.2 Å². The van der Waals surface area contributed by atoms with Crippen LogP contribution in [0.1, 0.15) is 12.5 Å². The highest BCUT2D eigenvalue weighted by Crippen LogP contribution is 2.05. The first-order valence-corrected chi connectivity index (χ1v) is 3.52. The second-order valence-electron chi connectivity index (χ2n) is 2.17. The molecule has 1 heterocycles. The summed E-state index contributed by atoms with van der Waals surface area (Å²) in [4.78, 5) is 14.0. The molecule has 0 aromatic carbocycles. The zero-order chi connectivity index (χ0) is 8.10. The Bertz CT molecular complexity index is 248. The summed E-state index contributed by atoms with van der Waals surface area (Å²) in [6.07, 6.45) is 3.27. The average molecular weight is 150 g/mol. The van der Waals surface area contributed by atoms with Crippen LogP contribution in [0.3, 0.4) is 0 Å². The van der Waals surface area contributed by atoms with E-state index in [4.69, 9.17) is 0 Å². The summed E-state index contributed by atoms with van der Waals surface area (Å²) in [6, 6.07) is 3.78. The van der Waals surface area contributed by atoms with Crippen LogP contribution in [-0.4, -0.2) is 11.4 Å². The minimum atomic E-state index is 0.611. The maximum atomic E-state index is 10.0. The molecular weight excluding hydrogens is 140 g/mol. The summed E-state index contributed by atoms with van der Waals surface area (Å²) < 4.78 is 0. The van der Waals surface area contributed by atoms with Crippen molar-refractivity contribution in [2.75, 3.05) is 5.32 Å². The molecule has 0 saturated heterocycles. The maximum absolute atomic E-state index is 10.0. The van der Waals surface area contributed by atoms with Crippen molar-refractivity contribution in [3.05, 3.63) is 23.9 Å². The summed E-state index contributed by atoms with van der Waals surface area (Å²) in [5, 5.41) is 2.49. The number of nitrogens with zero attached hydrogens (tertiary/aromatic N) is 1. The van der Waals surface area contributed by atoms with Crippen LogP contribution in [0.15, 0.2) is 18.3 Å². The Morgan fingerprint density at radius 1 is 1.73 bits per heavy atom. The normalized spacial score (nSPS) is 9.18. The molecule has 3 heteroatoms. The highest BCUT2D eigenvalue weighted by atomic mass is 16.1. The van der Waals surface area contributed by atoms with Crippen molar-refractivity contribution in [1.29, 1.82) is 0 Å². The number of anilines is 1. The van der Waals surface area contributed by atoms with E-state index in [2.05, 4.69) is 17.2 Å². The predicted octanol–water partition coefficient (Wildman–Crippen LogP) is 1.21. The van der Waals surface area contributed by atoms with Gasteiger partial charge >= 0.3 is 0 Å². The number of aryl methyl sites for hydroxylation is 1. The van der Waals surface area contributed by atoms with Crippen LogP contribution in [0.5, 0.6) is 0 Å². The van der Waals surface area contributed by atoms with Gasteiger partial charge in [-0.3, -0.25) is 4.79 Å². The lowest BCUT2D eigenvalue weighted by atomic mass is 10.2. The summed E-state index contributed by atoms with van der Waals surface area (Å²) in [5.74, 6) is 0.611. The van der Waals surface area contributed by atoms with Crippen LogP contribution in [0.2, 0.25) is 0 Å². The van der Waals surface area contributed by atoms with Crippen molar-refractivity contribution in [1.82, 2.24) is 4.98 Å². The van der Waals surface area contributed by atoms with Gasteiger partial charge in [0.25, 0.3) is 0 Å². The lowest BCUT2D eigenvalue weighted by Crippen LogP contribution is -1.96. The van der Waals surface area contributed by atoms with E-state index in [-0.39, 0.29) is 0 Å². The first kappa shape index (κ1) is 7.72. The fraction of sp³-hybridized carbons (Fsp3) is 0.250. The smallest absolute Gasteiger partial charge is 0.212 e. The lowest BCUT2D eigenvalue weighted by molar-refractivity contribution is -0.105.